The van der Waals surface area contributed by atoms with Crippen LogP contribution >= 0.6 is 15.9 Å². The van der Waals surface area contributed by atoms with Crippen molar-refractivity contribution in [3.05, 3.63) is 46.4 Å². The highest BCUT2D eigenvalue weighted by Crippen LogP contribution is 2.22. The molecule has 3 rings (SSSR count). The van der Waals surface area contributed by atoms with Crippen LogP contribution in [0.5, 0.6) is 0 Å². The van der Waals surface area contributed by atoms with Crippen LogP contribution in [0.15, 0.2) is 40.9 Å². The molecule has 2 aromatic carbocycles. The number of benzene rings is 2. The normalized spacial score (nSPS) is 16.1. The zero-order valence-corrected chi connectivity index (χ0v) is 13.6. The van der Waals surface area contributed by atoms with Crippen molar-refractivity contribution in [3.8, 4) is 0 Å². The molecule has 0 atom stereocenters. The van der Waals surface area contributed by atoms with Gasteiger partial charge in [0.1, 0.15) is 0 Å². The van der Waals surface area contributed by atoms with Gasteiger partial charge in [0.2, 0.25) is 0 Å². The first kappa shape index (κ1) is 14.5. The van der Waals surface area contributed by atoms with Gasteiger partial charge in [0, 0.05) is 36.3 Å². The number of nitrogens with zero attached hydrogens (tertiary/aromatic N) is 1. The lowest BCUT2D eigenvalue weighted by Gasteiger charge is -2.31. The lowest BCUT2D eigenvalue weighted by atomic mass is 10.0. The molecule has 0 spiro atoms. The molecule has 110 valence electrons. The predicted octanol–water partition coefficient (Wildman–Crippen LogP) is 3.85. The van der Waals surface area contributed by atoms with Gasteiger partial charge in [-0.05, 0) is 47.9 Å². The standard InChI is InChI=1S/C17H18BrNO2/c1-19(16-6-8-21-9-7-16)17(20)14-3-2-13-11-15(18)5-4-12(13)10-14/h2-5,10-11,16H,6-9H2,1H3. The Morgan fingerprint density at radius 3 is 2.57 bits per heavy atom. The van der Waals surface area contributed by atoms with Gasteiger partial charge in [0.05, 0.1) is 0 Å². The third kappa shape index (κ3) is 3.11. The summed E-state index contributed by atoms with van der Waals surface area (Å²) in [5.74, 6) is 0.0896. The van der Waals surface area contributed by atoms with Gasteiger partial charge in [0.15, 0.2) is 0 Å². The molecule has 1 heterocycles. The summed E-state index contributed by atoms with van der Waals surface area (Å²) in [7, 11) is 1.89. The maximum atomic E-state index is 12.6. The molecule has 0 saturated carbocycles. The summed E-state index contributed by atoms with van der Waals surface area (Å²) in [6.45, 7) is 1.49. The van der Waals surface area contributed by atoms with Crippen molar-refractivity contribution in [2.24, 2.45) is 0 Å². The Kier molecular flexibility index (Phi) is 4.27. The minimum Gasteiger partial charge on any atom is -0.381 e. The van der Waals surface area contributed by atoms with Crippen LogP contribution < -0.4 is 0 Å². The minimum absolute atomic E-state index is 0.0896. The Morgan fingerprint density at radius 1 is 1.14 bits per heavy atom. The van der Waals surface area contributed by atoms with Gasteiger partial charge in [-0.25, -0.2) is 0 Å². The largest absolute Gasteiger partial charge is 0.381 e. The van der Waals surface area contributed by atoms with E-state index < -0.39 is 0 Å². The Bertz CT molecular complexity index is 665. The van der Waals surface area contributed by atoms with E-state index in [9.17, 15) is 4.79 Å². The van der Waals surface area contributed by atoms with Gasteiger partial charge in [-0.2, -0.15) is 0 Å². The molecular formula is C17H18BrNO2. The molecule has 4 heteroatoms. The summed E-state index contributed by atoms with van der Waals surface area (Å²) in [6, 6.07) is 12.3. The van der Waals surface area contributed by atoms with Crippen LogP contribution in [-0.2, 0) is 4.74 Å². The Morgan fingerprint density at radius 2 is 1.81 bits per heavy atom. The number of hydrogen-bond donors (Lipinski definition) is 0. The van der Waals surface area contributed by atoms with Crippen molar-refractivity contribution >= 4 is 32.6 Å². The van der Waals surface area contributed by atoms with Gasteiger partial charge in [-0.1, -0.05) is 28.1 Å². The molecule has 2 aromatic rings. The number of carbonyl (C=O) groups excluding carboxylic acids is 1. The second-order valence-corrected chi connectivity index (χ2v) is 6.38. The number of hydrogen-bond acceptors (Lipinski definition) is 2. The van der Waals surface area contributed by atoms with Crippen molar-refractivity contribution in [3.63, 3.8) is 0 Å². The number of ether oxygens (including phenoxy) is 1. The van der Waals surface area contributed by atoms with E-state index in [0.717, 1.165) is 46.9 Å². The van der Waals surface area contributed by atoms with Gasteiger partial charge >= 0.3 is 0 Å². The summed E-state index contributed by atoms with van der Waals surface area (Å²) >= 11 is 3.47. The van der Waals surface area contributed by atoms with Crippen LogP contribution in [0.25, 0.3) is 10.8 Å². The van der Waals surface area contributed by atoms with Crippen LogP contribution in [0, 0.1) is 0 Å². The van der Waals surface area contributed by atoms with E-state index in [1.165, 1.54) is 0 Å². The molecule has 1 aliphatic heterocycles. The second kappa shape index (κ2) is 6.16. The van der Waals surface area contributed by atoms with Crippen LogP contribution in [0.2, 0.25) is 0 Å². The fourth-order valence-electron chi connectivity index (χ4n) is 2.79. The van der Waals surface area contributed by atoms with E-state index in [0.29, 0.717) is 0 Å². The lowest BCUT2D eigenvalue weighted by molar-refractivity contribution is 0.0362. The average molecular weight is 348 g/mol. The van der Waals surface area contributed by atoms with Gasteiger partial charge in [-0.3, -0.25) is 4.79 Å². The van der Waals surface area contributed by atoms with Crippen LogP contribution in [-0.4, -0.2) is 37.1 Å². The Balaban J connectivity index is 1.85. The van der Waals surface area contributed by atoms with E-state index in [4.69, 9.17) is 4.74 Å². The van der Waals surface area contributed by atoms with Gasteiger partial charge < -0.3 is 9.64 Å². The van der Waals surface area contributed by atoms with Gasteiger partial charge in [-0.15, -0.1) is 0 Å². The molecule has 1 amide bonds. The molecule has 0 unspecified atom stereocenters. The first-order valence-corrected chi connectivity index (χ1v) is 7.99. The van der Waals surface area contributed by atoms with Crippen molar-refractivity contribution in [1.82, 2.24) is 4.90 Å². The van der Waals surface area contributed by atoms with Crippen LogP contribution in [0.1, 0.15) is 23.2 Å². The smallest absolute Gasteiger partial charge is 0.253 e. The molecule has 1 aliphatic rings. The van der Waals surface area contributed by atoms with Crippen LogP contribution in [0.3, 0.4) is 0 Å². The van der Waals surface area contributed by atoms with Gasteiger partial charge in [0.25, 0.3) is 5.91 Å². The maximum absolute atomic E-state index is 12.6. The molecule has 0 N–H and O–H groups in total. The number of fused-ring (bicyclic) bond motifs is 1. The van der Waals surface area contributed by atoms with Crippen molar-refractivity contribution < 1.29 is 9.53 Å². The number of rotatable bonds is 2. The Hall–Kier alpha value is -1.39. The molecule has 3 nitrogen and oxygen atoms in total. The van der Waals surface area contributed by atoms with E-state index in [1.807, 2.05) is 42.3 Å². The fraction of sp³-hybridized carbons (Fsp3) is 0.353. The minimum atomic E-state index is 0.0896. The number of halogens is 1. The summed E-state index contributed by atoms with van der Waals surface area (Å²) < 4.78 is 6.41. The van der Waals surface area contributed by atoms with Crippen molar-refractivity contribution in [2.45, 2.75) is 18.9 Å². The zero-order chi connectivity index (χ0) is 14.8. The molecule has 21 heavy (non-hydrogen) atoms. The van der Waals surface area contributed by atoms with E-state index in [2.05, 4.69) is 22.0 Å². The van der Waals surface area contributed by atoms with Crippen molar-refractivity contribution in [2.75, 3.05) is 20.3 Å². The Labute approximate surface area is 133 Å². The maximum Gasteiger partial charge on any atom is 0.253 e. The van der Waals surface area contributed by atoms with E-state index >= 15 is 0 Å². The zero-order valence-electron chi connectivity index (χ0n) is 12.0. The number of amides is 1. The SMILES string of the molecule is CN(C(=O)c1ccc2cc(Br)ccc2c1)C1CCOCC1. The molecule has 0 aliphatic carbocycles. The summed E-state index contributed by atoms with van der Waals surface area (Å²) in [6.07, 6.45) is 1.84. The monoisotopic (exact) mass is 347 g/mol. The third-order valence-electron chi connectivity index (χ3n) is 4.11. The van der Waals surface area contributed by atoms with Crippen LogP contribution in [0.4, 0.5) is 0 Å². The molecule has 1 fully saturated rings. The molecular weight excluding hydrogens is 330 g/mol. The molecule has 0 bridgehead atoms. The van der Waals surface area contributed by atoms with E-state index in [1.54, 1.807) is 0 Å². The summed E-state index contributed by atoms with van der Waals surface area (Å²) in [5, 5.41) is 2.22. The quantitative estimate of drug-likeness (QED) is 0.825. The van der Waals surface area contributed by atoms with Crippen molar-refractivity contribution in [1.29, 1.82) is 0 Å². The molecule has 0 radical (unpaired) electrons. The molecule has 0 aromatic heterocycles. The number of carbonyl (C=O) groups is 1. The second-order valence-electron chi connectivity index (χ2n) is 5.47. The fourth-order valence-corrected chi connectivity index (χ4v) is 3.17. The highest BCUT2D eigenvalue weighted by molar-refractivity contribution is 9.10. The average Bonchev–Trinajstić information content (AvgIpc) is 2.53. The summed E-state index contributed by atoms with van der Waals surface area (Å²) in [4.78, 5) is 14.5. The summed E-state index contributed by atoms with van der Waals surface area (Å²) in [5.41, 5.74) is 0.749. The first-order chi connectivity index (χ1) is 10.1. The molecule has 1 saturated heterocycles. The first-order valence-electron chi connectivity index (χ1n) is 7.19. The topological polar surface area (TPSA) is 29.5 Å². The lowest BCUT2D eigenvalue weighted by Crippen LogP contribution is -2.40. The predicted molar refractivity (Wildman–Crippen MR) is 87.6 cm³/mol. The van der Waals surface area contributed by atoms with E-state index in [-0.39, 0.29) is 11.9 Å². The highest BCUT2D eigenvalue weighted by Gasteiger charge is 2.23. The highest BCUT2D eigenvalue weighted by atomic mass is 79.9. The third-order valence-corrected chi connectivity index (χ3v) is 4.60.